The molecule has 87 heavy (non-hydrogen) atoms. The molecule has 19 heteroatoms. The molecule has 0 spiro atoms. The van der Waals surface area contributed by atoms with E-state index in [0.717, 1.165) is 77.0 Å². The van der Waals surface area contributed by atoms with Crippen molar-refractivity contribution >= 4 is 5.91 Å². The summed E-state index contributed by atoms with van der Waals surface area (Å²) in [7, 11) is 0. The fraction of sp³-hybridized carbons (Fsp3) is 0.868. The molecule has 3 fully saturated rings. The lowest BCUT2D eigenvalue weighted by Crippen LogP contribution is -2.66. The zero-order chi connectivity index (χ0) is 63.3. The molecule has 3 heterocycles. The van der Waals surface area contributed by atoms with E-state index in [0.29, 0.717) is 12.8 Å². The van der Waals surface area contributed by atoms with Crippen LogP contribution in [-0.4, -0.2) is 193 Å². The van der Waals surface area contributed by atoms with Gasteiger partial charge in [0.25, 0.3) is 0 Å². The first kappa shape index (κ1) is 79.0. The Morgan fingerprint density at radius 2 is 0.793 bits per heavy atom. The number of aliphatic hydroxyl groups is 11. The fourth-order valence-corrected chi connectivity index (χ4v) is 11.6. The van der Waals surface area contributed by atoms with Crippen molar-refractivity contribution < 1.29 is 89.4 Å². The van der Waals surface area contributed by atoms with E-state index in [2.05, 4.69) is 67.8 Å². The van der Waals surface area contributed by atoms with E-state index in [9.17, 15) is 61.0 Å². The van der Waals surface area contributed by atoms with Crippen molar-refractivity contribution in [2.75, 3.05) is 26.4 Å². The van der Waals surface area contributed by atoms with E-state index in [1.165, 1.54) is 135 Å². The minimum atomic E-state index is -1.98. The van der Waals surface area contributed by atoms with Gasteiger partial charge in [-0.2, -0.15) is 0 Å². The predicted octanol–water partition coefficient (Wildman–Crippen LogP) is 8.61. The van der Waals surface area contributed by atoms with Crippen molar-refractivity contribution in [3.8, 4) is 0 Å². The van der Waals surface area contributed by atoms with E-state index in [1.807, 2.05) is 0 Å². The number of ether oxygens (including phenoxy) is 6. The molecule has 3 saturated heterocycles. The smallest absolute Gasteiger partial charge is 0.220 e. The summed E-state index contributed by atoms with van der Waals surface area (Å²) in [4.78, 5) is 13.4. The molecule has 0 saturated carbocycles. The highest BCUT2D eigenvalue weighted by atomic mass is 16.8. The number of rotatable bonds is 52. The molecule has 0 aromatic heterocycles. The van der Waals surface area contributed by atoms with Gasteiger partial charge in [-0.3, -0.25) is 4.79 Å². The molecule has 508 valence electrons. The van der Waals surface area contributed by atoms with Gasteiger partial charge < -0.3 is 89.9 Å². The highest BCUT2D eigenvalue weighted by Gasteiger charge is 2.53. The normalized spacial score (nSPS) is 28.9. The number of nitrogens with one attached hydrogen (secondary N) is 1. The van der Waals surface area contributed by atoms with Crippen molar-refractivity contribution in [2.24, 2.45) is 0 Å². The number of allylic oxidation sites excluding steroid dienone is 8. The average Bonchev–Trinajstić information content (AvgIpc) is 2.97. The highest BCUT2D eigenvalue weighted by molar-refractivity contribution is 5.76. The maximum atomic E-state index is 13.4. The average molecular weight is 1240 g/mol. The molecule has 0 aliphatic carbocycles. The van der Waals surface area contributed by atoms with Crippen LogP contribution in [0.3, 0.4) is 0 Å². The monoisotopic (exact) mass is 1240 g/mol. The third kappa shape index (κ3) is 32.7. The number of carbonyl (C=O) groups is 1. The molecule has 0 aromatic carbocycles. The van der Waals surface area contributed by atoms with Crippen LogP contribution in [-0.2, 0) is 33.2 Å². The van der Waals surface area contributed by atoms with Crippen LogP contribution in [0.4, 0.5) is 0 Å². The molecule has 0 aromatic rings. The molecule has 0 radical (unpaired) electrons. The van der Waals surface area contributed by atoms with E-state index in [-0.39, 0.29) is 18.9 Å². The lowest BCUT2D eigenvalue weighted by Gasteiger charge is -2.48. The van der Waals surface area contributed by atoms with Gasteiger partial charge in [0, 0.05) is 6.42 Å². The summed E-state index contributed by atoms with van der Waals surface area (Å²) in [5, 5.41) is 121. The fourth-order valence-electron chi connectivity index (χ4n) is 11.6. The number of hydrogen-bond acceptors (Lipinski definition) is 18. The van der Waals surface area contributed by atoms with Gasteiger partial charge >= 0.3 is 0 Å². The summed E-state index contributed by atoms with van der Waals surface area (Å²) >= 11 is 0. The zero-order valence-electron chi connectivity index (χ0n) is 53.5. The SMILES string of the molecule is CC/C=C\C/C=C\C/C=C\C/C=C\CCCCCCC(=O)NC(COC1OC(CO)C(OC2OC(CO)C(OC3OC(CO)C(O)C(O)C3O)C(O)C2O)C(O)C1O)C(O)CCCCCCCCCCCCCCCCCCCCCCCCCCC. The molecule has 12 N–H and O–H groups in total. The molecule has 17 atom stereocenters. The van der Waals surface area contributed by atoms with Crippen molar-refractivity contribution in [3.63, 3.8) is 0 Å². The second-order valence-electron chi connectivity index (χ2n) is 24.6. The summed E-state index contributed by atoms with van der Waals surface area (Å²) in [5.41, 5.74) is 0. The number of amides is 1. The van der Waals surface area contributed by atoms with Crippen LogP contribution in [0.2, 0.25) is 0 Å². The third-order valence-corrected chi connectivity index (χ3v) is 17.2. The number of hydrogen-bond donors (Lipinski definition) is 12. The minimum Gasteiger partial charge on any atom is -0.394 e. The summed E-state index contributed by atoms with van der Waals surface area (Å²) < 4.78 is 34.4. The van der Waals surface area contributed by atoms with Crippen molar-refractivity contribution in [1.29, 1.82) is 0 Å². The quantitative estimate of drug-likeness (QED) is 0.0200. The Balaban J connectivity index is 1.44. The van der Waals surface area contributed by atoms with Crippen LogP contribution in [0.1, 0.15) is 245 Å². The van der Waals surface area contributed by atoms with Crippen molar-refractivity contribution in [3.05, 3.63) is 48.6 Å². The van der Waals surface area contributed by atoms with Gasteiger partial charge in [-0.25, -0.2) is 0 Å². The highest BCUT2D eigenvalue weighted by Crippen LogP contribution is 2.33. The predicted molar refractivity (Wildman–Crippen MR) is 337 cm³/mol. The van der Waals surface area contributed by atoms with Gasteiger partial charge in [-0.05, 0) is 51.4 Å². The van der Waals surface area contributed by atoms with Gasteiger partial charge in [0.05, 0.1) is 38.6 Å². The van der Waals surface area contributed by atoms with Gasteiger partial charge in [-0.15, -0.1) is 0 Å². The Labute approximate surface area is 523 Å². The van der Waals surface area contributed by atoms with Crippen molar-refractivity contribution in [2.45, 2.75) is 349 Å². The molecular weight excluding hydrogens is 1120 g/mol. The third-order valence-electron chi connectivity index (χ3n) is 17.2. The van der Waals surface area contributed by atoms with Crippen LogP contribution < -0.4 is 5.32 Å². The second kappa shape index (κ2) is 50.3. The molecule has 19 nitrogen and oxygen atoms in total. The van der Waals surface area contributed by atoms with Crippen LogP contribution in [0.15, 0.2) is 48.6 Å². The lowest BCUT2D eigenvalue weighted by molar-refractivity contribution is -0.379. The lowest BCUT2D eigenvalue weighted by atomic mass is 9.96. The maximum Gasteiger partial charge on any atom is 0.220 e. The van der Waals surface area contributed by atoms with E-state index < -0.39 is 124 Å². The molecule has 3 rings (SSSR count). The van der Waals surface area contributed by atoms with Crippen LogP contribution in [0.25, 0.3) is 0 Å². The first-order valence-corrected chi connectivity index (χ1v) is 34.4. The van der Waals surface area contributed by atoms with Crippen LogP contribution >= 0.6 is 0 Å². The Bertz CT molecular complexity index is 1770. The van der Waals surface area contributed by atoms with Gasteiger partial charge in [0.1, 0.15) is 73.2 Å². The first-order valence-electron chi connectivity index (χ1n) is 34.4. The van der Waals surface area contributed by atoms with Gasteiger partial charge in [-0.1, -0.05) is 236 Å². The second-order valence-corrected chi connectivity index (χ2v) is 24.6. The van der Waals surface area contributed by atoms with Crippen LogP contribution in [0, 0.1) is 0 Å². The first-order chi connectivity index (χ1) is 42.3. The summed E-state index contributed by atoms with van der Waals surface area (Å²) in [6.07, 6.45) is 31.9. The number of aliphatic hydroxyl groups excluding tert-OH is 11. The Morgan fingerprint density at radius 3 is 1.24 bits per heavy atom. The number of unbranched alkanes of at least 4 members (excludes halogenated alkanes) is 28. The Morgan fingerprint density at radius 1 is 0.425 bits per heavy atom. The summed E-state index contributed by atoms with van der Waals surface area (Å²) in [6, 6.07) is -0.902. The number of carbonyl (C=O) groups excluding carboxylic acids is 1. The van der Waals surface area contributed by atoms with E-state index in [4.69, 9.17) is 28.4 Å². The molecule has 3 aliphatic heterocycles. The summed E-state index contributed by atoms with van der Waals surface area (Å²) in [5.74, 6) is -0.265. The molecule has 17 unspecified atom stereocenters. The Hall–Kier alpha value is -2.25. The molecule has 1 amide bonds. The van der Waals surface area contributed by atoms with Gasteiger partial charge in [0.2, 0.25) is 5.91 Å². The van der Waals surface area contributed by atoms with Crippen LogP contribution in [0.5, 0.6) is 0 Å². The van der Waals surface area contributed by atoms with E-state index >= 15 is 0 Å². The minimum absolute atomic E-state index is 0.237. The largest absolute Gasteiger partial charge is 0.394 e. The standard InChI is InChI=1S/C68H123NO18/c1-3-5-7-9-11-13-15-17-19-21-22-23-24-25-26-27-28-30-31-33-35-37-39-41-43-45-52(73)51(69-56(74)46-44-42-40-38-36-34-32-29-20-18-16-14-12-10-8-6-4-2)50-82-66-62(80)59(77)64(54(48-71)84-66)87-68-63(81)60(78)65(55(49-72)85-68)86-67-61(79)58(76)57(75)53(47-70)83-67/h6,8,12,14,18,20,32,34,51-55,57-68,70-73,75-81H,3-5,7,9-11,13,15-17,19,21-31,33,35-50H2,1-2H3,(H,69,74)/b8-6-,14-12-,20-18-,34-32-. The molecular formula is C68H123NO18. The topological polar surface area (TPSA) is 307 Å². The Kier molecular flexibility index (Phi) is 45.7. The molecule has 0 bridgehead atoms. The van der Waals surface area contributed by atoms with Gasteiger partial charge in [0.15, 0.2) is 18.9 Å². The zero-order valence-corrected chi connectivity index (χ0v) is 53.5. The maximum absolute atomic E-state index is 13.4. The molecule has 3 aliphatic rings. The van der Waals surface area contributed by atoms with E-state index in [1.54, 1.807) is 0 Å². The van der Waals surface area contributed by atoms with Crippen molar-refractivity contribution in [1.82, 2.24) is 5.32 Å². The summed E-state index contributed by atoms with van der Waals surface area (Å²) in [6.45, 7) is 1.68.